The Morgan fingerprint density at radius 1 is 1.40 bits per heavy atom. The largest absolute Gasteiger partial charge is 0.477 e. The highest BCUT2D eigenvalue weighted by atomic mass is 16.4. The van der Waals surface area contributed by atoms with Crippen LogP contribution >= 0.6 is 0 Å². The molecule has 1 aromatic rings. The molecule has 5 nitrogen and oxygen atoms in total. The second-order valence-corrected chi connectivity index (χ2v) is 3.27. The minimum absolute atomic E-state index is 0.0366. The lowest BCUT2D eigenvalue weighted by Crippen LogP contribution is -2.27. The zero-order chi connectivity index (χ0) is 10.7. The second-order valence-electron chi connectivity index (χ2n) is 3.27. The third kappa shape index (κ3) is 2.12. The van der Waals surface area contributed by atoms with E-state index in [9.17, 15) is 4.79 Å². The maximum atomic E-state index is 10.7. The molecule has 15 heavy (non-hydrogen) atoms. The predicted molar refractivity (Wildman–Crippen MR) is 55.0 cm³/mol. The highest BCUT2D eigenvalue weighted by Gasteiger charge is 2.12. The standard InChI is InChI=1S/C10H11N3O2/c14-10(15)8-6-9(12-7-11-8)13-4-2-1-3-5-13/h1-2,6-7H,3-5H2,(H,14,15). The van der Waals surface area contributed by atoms with Crippen molar-refractivity contribution in [3.8, 4) is 0 Å². The number of aromatic nitrogens is 2. The second kappa shape index (κ2) is 4.08. The highest BCUT2D eigenvalue weighted by molar-refractivity contribution is 5.86. The summed E-state index contributed by atoms with van der Waals surface area (Å²) in [5, 5.41) is 8.78. The van der Waals surface area contributed by atoms with Gasteiger partial charge in [-0.25, -0.2) is 14.8 Å². The van der Waals surface area contributed by atoms with Crippen LogP contribution in [0.4, 0.5) is 5.82 Å². The molecule has 2 rings (SSSR count). The van der Waals surface area contributed by atoms with Crippen molar-refractivity contribution < 1.29 is 9.90 Å². The molecule has 0 bridgehead atoms. The number of carboxylic acids is 1. The van der Waals surface area contributed by atoms with Crippen molar-refractivity contribution in [3.05, 3.63) is 30.2 Å². The van der Waals surface area contributed by atoms with Gasteiger partial charge in [0, 0.05) is 19.2 Å². The molecule has 0 saturated heterocycles. The summed E-state index contributed by atoms with van der Waals surface area (Å²) in [6, 6.07) is 1.50. The van der Waals surface area contributed by atoms with Crippen molar-refractivity contribution in [1.29, 1.82) is 0 Å². The fourth-order valence-corrected chi connectivity index (χ4v) is 1.49. The number of carbonyl (C=O) groups is 1. The van der Waals surface area contributed by atoms with E-state index in [0.717, 1.165) is 19.5 Å². The van der Waals surface area contributed by atoms with Gasteiger partial charge in [0.15, 0.2) is 5.69 Å². The van der Waals surface area contributed by atoms with Crippen LogP contribution in [0.2, 0.25) is 0 Å². The van der Waals surface area contributed by atoms with Crippen LogP contribution in [-0.2, 0) is 0 Å². The molecule has 5 heteroatoms. The zero-order valence-electron chi connectivity index (χ0n) is 8.13. The van der Waals surface area contributed by atoms with Gasteiger partial charge in [0.05, 0.1) is 0 Å². The fourth-order valence-electron chi connectivity index (χ4n) is 1.49. The molecular formula is C10H11N3O2. The number of carboxylic acid groups (broad SMARTS) is 1. The maximum Gasteiger partial charge on any atom is 0.354 e. The van der Waals surface area contributed by atoms with Crippen molar-refractivity contribution in [3.63, 3.8) is 0 Å². The zero-order valence-corrected chi connectivity index (χ0v) is 8.13. The molecule has 1 aliphatic heterocycles. The quantitative estimate of drug-likeness (QED) is 0.728. The SMILES string of the molecule is O=C(O)c1cc(N2CC=CCC2)ncn1. The average Bonchev–Trinajstić information content (AvgIpc) is 2.30. The third-order valence-electron chi connectivity index (χ3n) is 2.25. The van der Waals surface area contributed by atoms with Gasteiger partial charge in [0.2, 0.25) is 0 Å². The Morgan fingerprint density at radius 2 is 2.27 bits per heavy atom. The summed E-state index contributed by atoms with van der Waals surface area (Å²) < 4.78 is 0. The Kier molecular flexibility index (Phi) is 2.62. The molecule has 0 radical (unpaired) electrons. The molecule has 0 aliphatic carbocycles. The van der Waals surface area contributed by atoms with Crippen molar-refractivity contribution >= 4 is 11.8 Å². The number of nitrogens with zero attached hydrogens (tertiary/aromatic N) is 3. The molecule has 1 N–H and O–H groups in total. The van der Waals surface area contributed by atoms with E-state index < -0.39 is 5.97 Å². The fraction of sp³-hybridized carbons (Fsp3) is 0.300. The number of hydrogen-bond acceptors (Lipinski definition) is 4. The van der Waals surface area contributed by atoms with Gasteiger partial charge in [-0.3, -0.25) is 0 Å². The summed E-state index contributed by atoms with van der Waals surface area (Å²) in [6.45, 7) is 1.64. The monoisotopic (exact) mass is 205 g/mol. The molecule has 2 heterocycles. The first-order valence-electron chi connectivity index (χ1n) is 4.72. The van der Waals surface area contributed by atoms with Crippen LogP contribution in [0.25, 0.3) is 0 Å². The maximum absolute atomic E-state index is 10.7. The molecular weight excluding hydrogens is 194 g/mol. The van der Waals surface area contributed by atoms with Gasteiger partial charge in [0.25, 0.3) is 0 Å². The predicted octanol–water partition coefficient (Wildman–Crippen LogP) is 0.941. The van der Waals surface area contributed by atoms with Gasteiger partial charge in [-0.15, -0.1) is 0 Å². The molecule has 1 aliphatic rings. The van der Waals surface area contributed by atoms with Crippen molar-refractivity contribution in [2.45, 2.75) is 6.42 Å². The van der Waals surface area contributed by atoms with Crippen molar-refractivity contribution in [1.82, 2.24) is 9.97 Å². The lowest BCUT2D eigenvalue weighted by molar-refractivity contribution is 0.0690. The number of aromatic carboxylic acids is 1. The van der Waals surface area contributed by atoms with E-state index in [1.165, 1.54) is 12.4 Å². The van der Waals surface area contributed by atoms with Gasteiger partial charge in [0.1, 0.15) is 12.1 Å². The van der Waals surface area contributed by atoms with Gasteiger partial charge < -0.3 is 10.0 Å². The van der Waals surface area contributed by atoms with Gasteiger partial charge in [-0.2, -0.15) is 0 Å². The van der Waals surface area contributed by atoms with E-state index in [-0.39, 0.29) is 5.69 Å². The third-order valence-corrected chi connectivity index (χ3v) is 2.25. The molecule has 0 aromatic carbocycles. The first-order chi connectivity index (χ1) is 7.27. The topological polar surface area (TPSA) is 66.3 Å². The summed E-state index contributed by atoms with van der Waals surface area (Å²) >= 11 is 0. The van der Waals surface area contributed by atoms with Crippen LogP contribution in [0.1, 0.15) is 16.9 Å². The van der Waals surface area contributed by atoms with Crippen molar-refractivity contribution in [2.24, 2.45) is 0 Å². The lowest BCUT2D eigenvalue weighted by atomic mass is 10.2. The van der Waals surface area contributed by atoms with Crippen LogP contribution in [0.5, 0.6) is 0 Å². The van der Waals surface area contributed by atoms with E-state index in [2.05, 4.69) is 16.0 Å². The number of hydrogen-bond donors (Lipinski definition) is 1. The minimum atomic E-state index is -1.02. The summed E-state index contributed by atoms with van der Waals surface area (Å²) in [4.78, 5) is 20.5. The van der Waals surface area contributed by atoms with Crippen LogP contribution < -0.4 is 4.90 Å². The van der Waals surface area contributed by atoms with E-state index in [1.54, 1.807) is 0 Å². The molecule has 78 valence electrons. The Labute approximate surface area is 87.1 Å². The lowest BCUT2D eigenvalue weighted by Gasteiger charge is -2.24. The van der Waals surface area contributed by atoms with E-state index >= 15 is 0 Å². The Bertz CT molecular complexity index is 403. The first-order valence-corrected chi connectivity index (χ1v) is 4.72. The molecule has 0 saturated carbocycles. The highest BCUT2D eigenvalue weighted by Crippen LogP contribution is 2.13. The number of rotatable bonds is 2. The van der Waals surface area contributed by atoms with Crippen LogP contribution in [0.3, 0.4) is 0 Å². The number of anilines is 1. The molecule has 0 unspecified atom stereocenters. The molecule has 0 spiro atoms. The Balaban J connectivity index is 2.24. The minimum Gasteiger partial charge on any atom is -0.477 e. The summed E-state index contributed by atoms with van der Waals surface area (Å²) in [7, 11) is 0. The van der Waals surface area contributed by atoms with E-state index in [4.69, 9.17) is 5.11 Å². The average molecular weight is 205 g/mol. The molecule has 0 amide bonds. The van der Waals surface area contributed by atoms with Crippen LogP contribution in [-0.4, -0.2) is 34.1 Å². The Morgan fingerprint density at radius 3 is 2.93 bits per heavy atom. The molecule has 0 atom stereocenters. The van der Waals surface area contributed by atoms with Crippen LogP contribution in [0.15, 0.2) is 24.5 Å². The van der Waals surface area contributed by atoms with Gasteiger partial charge in [-0.05, 0) is 6.42 Å². The van der Waals surface area contributed by atoms with E-state index in [0.29, 0.717) is 5.82 Å². The molecule has 0 fully saturated rings. The van der Waals surface area contributed by atoms with Gasteiger partial charge >= 0.3 is 5.97 Å². The Hall–Kier alpha value is -1.91. The summed E-state index contributed by atoms with van der Waals surface area (Å²) in [5.74, 6) is -0.349. The van der Waals surface area contributed by atoms with Crippen molar-refractivity contribution in [2.75, 3.05) is 18.0 Å². The summed E-state index contributed by atoms with van der Waals surface area (Å²) in [5.41, 5.74) is 0.0366. The molecule has 1 aromatic heterocycles. The summed E-state index contributed by atoms with van der Waals surface area (Å²) in [6.07, 6.45) is 6.41. The first kappa shape index (κ1) is 9.64. The normalized spacial score (nSPS) is 15.3. The van der Waals surface area contributed by atoms with Gasteiger partial charge in [-0.1, -0.05) is 12.2 Å². The van der Waals surface area contributed by atoms with E-state index in [1.807, 2.05) is 11.0 Å². The smallest absolute Gasteiger partial charge is 0.354 e. The van der Waals surface area contributed by atoms with Crippen LogP contribution in [0, 0.1) is 0 Å².